The Balaban J connectivity index is 2.14. The first-order valence-electron chi connectivity index (χ1n) is 4.99. The van der Waals surface area contributed by atoms with Gasteiger partial charge in [-0.05, 0) is 12.5 Å². The lowest BCUT2D eigenvalue weighted by molar-refractivity contribution is 0.112. The van der Waals surface area contributed by atoms with Gasteiger partial charge < -0.3 is 4.90 Å². The first-order chi connectivity index (χ1) is 7.52. The summed E-state index contributed by atoms with van der Waals surface area (Å²) in [6, 6.07) is 1.84. The lowest BCUT2D eigenvalue weighted by Gasteiger charge is -2.24. The van der Waals surface area contributed by atoms with E-state index in [9.17, 15) is 13.2 Å². The summed E-state index contributed by atoms with van der Waals surface area (Å²) in [5, 5.41) is 1.88. The SMILES string of the molecule is CN(c1csc(C=O)c1)C1CCS(=O)(=O)C1. The van der Waals surface area contributed by atoms with Crippen molar-refractivity contribution in [3.05, 3.63) is 16.3 Å². The molecule has 0 aliphatic carbocycles. The van der Waals surface area contributed by atoms with E-state index in [0.29, 0.717) is 11.3 Å². The summed E-state index contributed by atoms with van der Waals surface area (Å²) >= 11 is 1.38. The Kier molecular flexibility index (Phi) is 3.03. The number of rotatable bonds is 3. The van der Waals surface area contributed by atoms with Crippen LogP contribution in [0.2, 0.25) is 0 Å². The van der Waals surface area contributed by atoms with Crippen LogP contribution in [-0.2, 0) is 9.84 Å². The van der Waals surface area contributed by atoms with Crippen LogP contribution in [0.5, 0.6) is 0 Å². The summed E-state index contributed by atoms with van der Waals surface area (Å²) < 4.78 is 22.7. The molecular weight excluding hydrogens is 246 g/mol. The van der Waals surface area contributed by atoms with E-state index in [-0.39, 0.29) is 17.5 Å². The highest BCUT2D eigenvalue weighted by atomic mass is 32.2. The second kappa shape index (κ2) is 4.18. The molecule has 0 aromatic carbocycles. The molecule has 0 N–H and O–H groups in total. The largest absolute Gasteiger partial charge is 0.370 e. The summed E-state index contributed by atoms with van der Waals surface area (Å²) in [4.78, 5) is 13.2. The van der Waals surface area contributed by atoms with Crippen LogP contribution in [-0.4, -0.2) is 39.3 Å². The average Bonchev–Trinajstić information content (AvgIpc) is 2.83. The summed E-state index contributed by atoms with van der Waals surface area (Å²) in [6.07, 6.45) is 1.48. The smallest absolute Gasteiger partial charge is 0.160 e. The number of anilines is 1. The molecule has 0 saturated carbocycles. The molecule has 2 rings (SSSR count). The number of hydrogen-bond acceptors (Lipinski definition) is 5. The van der Waals surface area contributed by atoms with Gasteiger partial charge in [-0.25, -0.2) is 8.42 Å². The van der Waals surface area contributed by atoms with Crippen molar-refractivity contribution in [1.29, 1.82) is 0 Å². The molecule has 16 heavy (non-hydrogen) atoms. The normalized spacial score (nSPS) is 23.2. The predicted octanol–water partition coefficient (Wildman–Crippen LogP) is 1.18. The highest BCUT2D eigenvalue weighted by Gasteiger charge is 2.31. The van der Waals surface area contributed by atoms with Gasteiger partial charge in [0.25, 0.3) is 0 Å². The first-order valence-corrected chi connectivity index (χ1v) is 7.69. The second-order valence-corrected chi connectivity index (χ2v) is 7.16. The quantitative estimate of drug-likeness (QED) is 0.765. The maximum Gasteiger partial charge on any atom is 0.160 e. The van der Waals surface area contributed by atoms with E-state index in [1.807, 2.05) is 17.3 Å². The second-order valence-electron chi connectivity index (χ2n) is 3.99. The van der Waals surface area contributed by atoms with Gasteiger partial charge in [0.1, 0.15) is 0 Å². The molecule has 1 unspecified atom stereocenters. The molecular formula is C10H13NO3S2. The van der Waals surface area contributed by atoms with Gasteiger partial charge in [-0.3, -0.25) is 4.79 Å². The van der Waals surface area contributed by atoms with Gasteiger partial charge in [0, 0.05) is 24.2 Å². The van der Waals surface area contributed by atoms with Gasteiger partial charge in [0.15, 0.2) is 16.1 Å². The van der Waals surface area contributed by atoms with Crippen molar-refractivity contribution in [2.75, 3.05) is 23.5 Å². The van der Waals surface area contributed by atoms with Crippen molar-refractivity contribution in [2.45, 2.75) is 12.5 Å². The van der Waals surface area contributed by atoms with Crippen LogP contribution in [0.25, 0.3) is 0 Å². The molecule has 1 aliphatic rings. The fourth-order valence-electron chi connectivity index (χ4n) is 1.88. The lowest BCUT2D eigenvalue weighted by Crippen LogP contribution is -2.32. The fraction of sp³-hybridized carbons (Fsp3) is 0.500. The Morgan fingerprint density at radius 1 is 1.56 bits per heavy atom. The third-order valence-corrected chi connectivity index (χ3v) is 5.48. The van der Waals surface area contributed by atoms with E-state index in [1.54, 1.807) is 6.07 Å². The molecule has 1 aromatic rings. The molecule has 1 saturated heterocycles. The molecule has 0 radical (unpaired) electrons. The molecule has 0 amide bonds. The molecule has 0 bridgehead atoms. The molecule has 0 spiro atoms. The topological polar surface area (TPSA) is 54.5 Å². The van der Waals surface area contributed by atoms with Crippen LogP contribution in [0.15, 0.2) is 11.4 Å². The number of thiophene rings is 1. The molecule has 1 fully saturated rings. The van der Waals surface area contributed by atoms with E-state index in [1.165, 1.54) is 11.3 Å². The number of aldehydes is 1. The van der Waals surface area contributed by atoms with Crippen LogP contribution in [0, 0.1) is 0 Å². The van der Waals surface area contributed by atoms with Gasteiger partial charge in [-0.2, -0.15) is 0 Å². The third kappa shape index (κ3) is 2.27. The van der Waals surface area contributed by atoms with E-state index in [4.69, 9.17) is 0 Å². The Morgan fingerprint density at radius 2 is 2.31 bits per heavy atom. The summed E-state index contributed by atoms with van der Waals surface area (Å²) in [6.45, 7) is 0. The zero-order valence-corrected chi connectivity index (χ0v) is 10.6. The van der Waals surface area contributed by atoms with Gasteiger partial charge in [0.05, 0.1) is 16.4 Å². The Morgan fingerprint density at radius 3 is 2.81 bits per heavy atom. The summed E-state index contributed by atoms with van der Waals surface area (Å²) in [5.74, 6) is 0.489. The number of nitrogens with zero attached hydrogens (tertiary/aromatic N) is 1. The monoisotopic (exact) mass is 259 g/mol. The van der Waals surface area contributed by atoms with Gasteiger partial charge in [-0.15, -0.1) is 11.3 Å². The minimum Gasteiger partial charge on any atom is -0.370 e. The fourth-order valence-corrected chi connectivity index (χ4v) is 4.39. The number of carbonyl (C=O) groups is 1. The zero-order valence-electron chi connectivity index (χ0n) is 8.92. The van der Waals surface area contributed by atoms with Gasteiger partial charge >= 0.3 is 0 Å². The Bertz CT molecular complexity index is 492. The summed E-state index contributed by atoms with van der Waals surface area (Å²) in [5.41, 5.74) is 0.925. The van der Waals surface area contributed by atoms with Crippen LogP contribution in [0.4, 0.5) is 5.69 Å². The minimum atomic E-state index is -2.86. The predicted molar refractivity (Wildman–Crippen MR) is 65.2 cm³/mol. The third-order valence-electron chi connectivity index (χ3n) is 2.89. The maximum absolute atomic E-state index is 11.4. The molecule has 1 atom stereocenters. The van der Waals surface area contributed by atoms with Crippen molar-refractivity contribution in [3.63, 3.8) is 0 Å². The van der Waals surface area contributed by atoms with Crippen molar-refractivity contribution in [3.8, 4) is 0 Å². The molecule has 1 aromatic heterocycles. The molecule has 1 aliphatic heterocycles. The highest BCUT2D eigenvalue weighted by Crippen LogP contribution is 2.26. The molecule has 2 heterocycles. The van der Waals surface area contributed by atoms with Crippen molar-refractivity contribution in [2.24, 2.45) is 0 Å². The highest BCUT2D eigenvalue weighted by molar-refractivity contribution is 7.91. The van der Waals surface area contributed by atoms with Crippen LogP contribution in [0.1, 0.15) is 16.1 Å². The van der Waals surface area contributed by atoms with Crippen LogP contribution < -0.4 is 4.90 Å². The molecule has 6 heteroatoms. The number of carbonyl (C=O) groups excluding carboxylic acids is 1. The summed E-state index contributed by atoms with van der Waals surface area (Å²) in [7, 11) is -0.978. The Labute approximate surface area is 98.8 Å². The first kappa shape index (κ1) is 11.6. The molecule has 4 nitrogen and oxygen atoms in total. The van der Waals surface area contributed by atoms with Crippen molar-refractivity contribution >= 4 is 33.1 Å². The Hall–Kier alpha value is -0.880. The van der Waals surface area contributed by atoms with Crippen LogP contribution >= 0.6 is 11.3 Å². The van der Waals surface area contributed by atoms with Gasteiger partial charge in [-0.1, -0.05) is 0 Å². The van der Waals surface area contributed by atoms with Crippen molar-refractivity contribution in [1.82, 2.24) is 0 Å². The number of hydrogen-bond donors (Lipinski definition) is 0. The lowest BCUT2D eigenvalue weighted by atomic mass is 10.2. The number of sulfone groups is 1. The molecule has 88 valence electrons. The van der Waals surface area contributed by atoms with E-state index < -0.39 is 9.84 Å². The van der Waals surface area contributed by atoms with E-state index in [2.05, 4.69) is 0 Å². The van der Waals surface area contributed by atoms with Crippen molar-refractivity contribution < 1.29 is 13.2 Å². The van der Waals surface area contributed by atoms with E-state index in [0.717, 1.165) is 12.0 Å². The average molecular weight is 259 g/mol. The zero-order chi connectivity index (χ0) is 11.8. The van der Waals surface area contributed by atoms with Gasteiger partial charge in [0.2, 0.25) is 0 Å². The maximum atomic E-state index is 11.4. The van der Waals surface area contributed by atoms with Crippen LogP contribution in [0.3, 0.4) is 0 Å². The van der Waals surface area contributed by atoms with E-state index >= 15 is 0 Å². The standard InChI is InChI=1S/C10H13NO3S2/c1-11(8-2-3-16(13,14)7-8)9-4-10(5-12)15-6-9/h4-6,8H,2-3,7H2,1H3. The minimum absolute atomic E-state index is 0.0408.